The number of alkyl halides is 3. The van der Waals surface area contributed by atoms with Gasteiger partial charge in [-0.1, -0.05) is 39.5 Å². The largest absolute Gasteiger partial charge is 0.389 e. The number of amides is 1. The van der Waals surface area contributed by atoms with Gasteiger partial charge in [0.2, 0.25) is 0 Å². The second kappa shape index (κ2) is 9.32. The molecule has 10 heteroatoms. The second-order valence-corrected chi connectivity index (χ2v) is 9.93. The zero-order valence-corrected chi connectivity index (χ0v) is 18.6. The van der Waals surface area contributed by atoms with Crippen LogP contribution < -0.4 is 10.0 Å². The lowest BCUT2D eigenvalue weighted by molar-refractivity contribution is -0.134. The second-order valence-electron chi connectivity index (χ2n) is 8.24. The number of anilines is 1. The Morgan fingerprint density at radius 1 is 1.03 bits per heavy atom. The molecule has 5 nitrogen and oxygen atoms in total. The summed E-state index contributed by atoms with van der Waals surface area (Å²) in [6.45, 7) is 9.28. The first kappa shape index (κ1) is 25.4. The molecule has 0 saturated heterocycles. The van der Waals surface area contributed by atoms with Gasteiger partial charge >= 0.3 is 6.18 Å². The summed E-state index contributed by atoms with van der Waals surface area (Å²) >= 11 is 0. The predicted molar refractivity (Wildman–Crippen MR) is 114 cm³/mol. The Balaban J connectivity index is 2.26. The number of allylic oxidation sites excluding steroid dienone is 1. The molecule has 0 atom stereocenters. The van der Waals surface area contributed by atoms with Crippen LogP contribution in [0.4, 0.5) is 23.2 Å². The zero-order chi connectivity index (χ0) is 24.3. The Kier molecular flexibility index (Phi) is 7.39. The molecule has 2 aromatic carbocycles. The molecule has 0 fully saturated rings. The highest BCUT2D eigenvalue weighted by atomic mass is 32.2. The lowest BCUT2D eigenvalue weighted by Crippen LogP contribution is -2.25. The van der Waals surface area contributed by atoms with Crippen molar-refractivity contribution in [3.63, 3.8) is 0 Å². The third-order valence-electron chi connectivity index (χ3n) is 4.50. The van der Waals surface area contributed by atoms with Crippen LogP contribution in [0, 0.1) is 5.82 Å². The van der Waals surface area contributed by atoms with Gasteiger partial charge < -0.3 is 5.32 Å². The summed E-state index contributed by atoms with van der Waals surface area (Å²) in [5.74, 6) is -1.73. The quantitative estimate of drug-likeness (QED) is 0.522. The average Bonchev–Trinajstić information content (AvgIpc) is 2.65. The lowest BCUT2D eigenvalue weighted by atomic mass is 9.87. The molecule has 2 N–H and O–H groups in total. The van der Waals surface area contributed by atoms with Crippen LogP contribution in [0.25, 0.3) is 0 Å². The number of nitrogens with one attached hydrogen (secondary N) is 2. The fourth-order valence-corrected chi connectivity index (χ4v) is 3.79. The van der Waals surface area contributed by atoms with Gasteiger partial charge in [-0.25, -0.2) is 12.8 Å². The molecule has 1 amide bonds. The molecular weight excluding hydrogens is 448 g/mol. The van der Waals surface area contributed by atoms with Crippen LogP contribution in [0.3, 0.4) is 0 Å². The molecule has 0 spiro atoms. The molecule has 0 aliphatic carbocycles. The molecular formula is C22H24F4N2O3S. The Labute approximate surface area is 184 Å². The molecule has 0 aliphatic rings. The van der Waals surface area contributed by atoms with Gasteiger partial charge in [0.15, 0.2) is 0 Å². The van der Waals surface area contributed by atoms with Gasteiger partial charge in [0.1, 0.15) is 5.82 Å². The first-order chi connectivity index (χ1) is 14.6. The predicted octanol–water partition coefficient (Wildman–Crippen LogP) is 5.51. The maximum Gasteiger partial charge on any atom is 0.389 e. The lowest BCUT2D eigenvalue weighted by Gasteiger charge is -2.19. The number of halogens is 4. The normalized spacial score (nSPS) is 12.3. The molecule has 0 saturated carbocycles. The van der Waals surface area contributed by atoms with E-state index in [0.29, 0.717) is 0 Å². The smallest absolute Gasteiger partial charge is 0.326 e. The van der Waals surface area contributed by atoms with Gasteiger partial charge in [0, 0.05) is 12.1 Å². The topological polar surface area (TPSA) is 75.3 Å². The molecule has 0 aliphatic heterocycles. The first-order valence-electron chi connectivity index (χ1n) is 9.57. The van der Waals surface area contributed by atoms with Crippen LogP contribution in [0.15, 0.2) is 59.6 Å². The maximum atomic E-state index is 13.8. The number of sulfonamides is 1. The molecule has 0 heterocycles. The van der Waals surface area contributed by atoms with Gasteiger partial charge in [-0.3, -0.25) is 9.52 Å². The molecule has 0 radical (unpaired) electrons. The fraction of sp³-hybridized carbons (Fsp3) is 0.318. The highest BCUT2D eigenvalue weighted by molar-refractivity contribution is 7.92. The van der Waals surface area contributed by atoms with Gasteiger partial charge in [-0.2, -0.15) is 13.2 Å². The first-order valence-corrected chi connectivity index (χ1v) is 11.1. The summed E-state index contributed by atoms with van der Waals surface area (Å²) in [4.78, 5) is 12.4. The minimum Gasteiger partial charge on any atom is -0.326 e. The monoisotopic (exact) mass is 472 g/mol. The van der Waals surface area contributed by atoms with Crippen LogP contribution in [0.2, 0.25) is 0 Å². The van der Waals surface area contributed by atoms with E-state index in [-0.39, 0.29) is 27.3 Å². The number of carbonyl (C=O) groups excluding carboxylic acids is 1. The third-order valence-corrected chi connectivity index (χ3v) is 5.88. The Morgan fingerprint density at radius 3 is 2.16 bits per heavy atom. The van der Waals surface area contributed by atoms with E-state index < -0.39 is 40.8 Å². The van der Waals surface area contributed by atoms with Crippen molar-refractivity contribution in [3.05, 3.63) is 71.7 Å². The highest BCUT2D eigenvalue weighted by Gasteiger charge is 2.27. The summed E-state index contributed by atoms with van der Waals surface area (Å²) < 4.78 is 78.6. The summed E-state index contributed by atoms with van der Waals surface area (Å²) in [6, 6.07) is 8.86. The molecule has 2 rings (SSSR count). The SMILES string of the molecule is C=C(CCC(F)(F)F)NC(=O)c1ccc(F)cc1NS(=O)(=O)c1ccc(C(C)(C)C)cc1. The van der Waals surface area contributed by atoms with Crippen molar-refractivity contribution in [2.75, 3.05) is 4.72 Å². The van der Waals surface area contributed by atoms with E-state index in [1.807, 2.05) is 20.8 Å². The van der Waals surface area contributed by atoms with E-state index in [2.05, 4.69) is 16.6 Å². The van der Waals surface area contributed by atoms with Crippen molar-refractivity contribution < 1.29 is 30.8 Å². The Bertz CT molecular complexity index is 1100. The number of benzene rings is 2. The van der Waals surface area contributed by atoms with E-state index in [1.54, 1.807) is 12.1 Å². The van der Waals surface area contributed by atoms with E-state index >= 15 is 0 Å². The van der Waals surface area contributed by atoms with E-state index in [4.69, 9.17) is 0 Å². The van der Waals surface area contributed by atoms with Crippen molar-refractivity contribution in [2.24, 2.45) is 0 Å². The van der Waals surface area contributed by atoms with Gasteiger partial charge in [0.05, 0.1) is 16.1 Å². The van der Waals surface area contributed by atoms with Crippen LogP contribution >= 0.6 is 0 Å². The number of hydrogen-bond acceptors (Lipinski definition) is 3. The zero-order valence-electron chi connectivity index (χ0n) is 17.8. The molecule has 174 valence electrons. The van der Waals surface area contributed by atoms with Gasteiger partial charge in [-0.15, -0.1) is 0 Å². The minimum absolute atomic E-state index is 0.101. The number of hydrogen-bond donors (Lipinski definition) is 2. The third kappa shape index (κ3) is 7.08. The standard InChI is InChI=1S/C22H24F4N2O3S/c1-14(11-12-22(24,25)26)27-20(29)18-10-7-16(23)13-19(18)28-32(30,31)17-8-5-15(6-9-17)21(2,3)4/h5-10,13,28H,1,11-12H2,2-4H3,(H,27,29). The highest BCUT2D eigenvalue weighted by Crippen LogP contribution is 2.26. The summed E-state index contributed by atoms with van der Waals surface area (Å²) in [7, 11) is -4.17. The van der Waals surface area contributed by atoms with Crippen LogP contribution in [0.5, 0.6) is 0 Å². The van der Waals surface area contributed by atoms with Gasteiger partial charge in [0.25, 0.3) is 15.9 Å². The van der Waals surface area contributed by atoms with Crippen molar-refractivity contribution in [3.8, 4) is 0 Å². The molecule has 32 heavy (non-hydrogen) atoms. The fourth-order valence-electron chi connectivity index (χ4n) is 2.72. The van der Waals surface area contributed by atoms with E-state index in [9.17, 15) is 30.8 Å². The summed E-state index contributed by atoms with van der Waals surface area (Å²) in [5, 5.41) is 2.19. The summed E-state index contributed by atoms with van der Waals surface area (Å²) in [6.07, 6.45) is -6.15. The Morgan fingerprint density at radius 2 is 1.62 bits per heavy atom. The van der Waals surface area contributed by atoms with Gasteiger partial charge in [-0.05, 0) is 47.7 Å². The van der Waals surface area contributed by atoms with Crippen molar-refractivity contribution in [2.45, 2.75) is 50.1 Å². The average molecular weight is 473 g/mol. The van der Waals surface area contributed by atoms with Crippen LogP contribution in [-0.4, -0.2) is 20.5 Å². The molecule has 0 aromatic heterocycles. The van der Waals surface area contributed by atoms with E-state index in [1.165, 1.54) is 12.1 Å². The minimum atomic E-state index is -4.42. The van der Waals surface area contributed by atoms with Crippen molar-refractivity contribution in [1.82, 2.24) is 5.32 Å². The van der Waals surface area contributed by atoms with Crippen LogP contribution in [0.1, 0.15) is 49.5 Å². The Hall–Kier alpha value is -2.88. The number of carbonyl (C=O) groups is 1. The summed E-state index contributed by atoms with van der Waals surface area (Å²) in [5.41, 5.74) is -0.124. The van der Waals surface area contributed by atoms with Crippen molar-refractivity contribution in [1.29, 1.82) is 0 Å². The molecule has 0 bridgehead atoms. The maximum absolute atomic E-state index is 13.8. The molecule has 2 aromatic rings. The van der Waals surface area contributed by atoms with Crippen molar-refractivity contribution >= 4 is 21.6 Å². The van der Waals surface area contributed by atoms with Crippen LogP contribution in [-0.2, 0) is 15.4 Å². The molecule has 0 unspecified atom stereocenters. The van der Waals surface area contributed by atoms with E-state index in [0.717, 1.165) is 23.8 Å². The number of rotatable bonds is 7.